The Morgan fingerprint density at radius 2 is 1.64 bits per heavy atom. The van der Waals surface area contributed by atoms with Gasteiger partial charge < -0.3 is 11.5 Å². The van der Waals surface area contributed by atoms with Gasteiger partial charge in [-0.1, -0.05) is 12.1 Å². The molecule has 0 saturated heterocycles. The number of nitrogens with zero attached hydrogens (tertiary/aromatic N) is 2. The topological polar surface area (TPSA) is 77.8 Å². The molecule has 70 valence electrons. The van der Waals surface area contributed by atoms with Crippen LogP contribution in [-0.4, -0.2) is 9.97 Å². The van der Waals surface area contributed by atoms with Crippen molar-refractivity contribution in [3.8, 4) is 11.3 Å². The highest BCUT2D eigenvalue weighted by atomic mass is 14.9. The second-order valence-corrected chi connectivity index (χ2v) is 2.95. The molecule has 0 fully saturated rings. The summed E-state index contributed by atoms with van der Waals surface area (Å²) in [5.41, 5.74) is 13.5. The molecule has 1 aromatic carbocycles. The molecule has 4 N–H and O–H groups in total. The maximum Gasteiger partial charge on any atom is 0.142 e. The Balaban J connectivity index is 2.44. The van der Waals surface area contributed by atoms with Crippen LogP contribution < -0.4 is 11.5 Å². The predicted octanol–water partition coefficient (Wildman–Crippen LogP) is 1.31. The predicted molar refractivity (Wildman–Crippen MR) is 56.3 cm³/mol. The van der Waals surface area contributed by atoms with Crippen LogP contribution in [0.2, 0.25) is 0 Å². The summed E-state index contributed by atoms with van der Waals surface area (Å²) in [5, 5.41) is 0. The van der Waals surface area contributed by atoms with Crippen molar-refractivity contribution in [2.24, 2.45) is 0 Å². The molecule has 1 aromatic heterocycles. The average molecular weight is 186 g/mol. The second kappa shape index (κ2) is 3.33. The van der Waals surface area contributed by atoms with Crippen molar-refractivity contribution in [1.29, 1.82) is 0 Å². The van der Waals surface area contributed by atoms with E-state index in [1.54, 1.807) is 6.20 Å². The number of nitrogen functional groups attached to an aromatic ring is 2. The molecule has 0 aliphatic carbocycles. The molecule has 1 heterocycles. The maximum absolute atomic E-state index is 5.57. The molecule has 14 heavy (non-hydrogen) atoms. The molecule has 0 amide bonds. The minimum Gasteiger partial charge on any atom is -0.399 e. The van der Waals surface area contributed by atoms with Crippen LogP contribution in [0, 0.1) is 0 Å². The smallest absolute Gasteiger partial charge is 0.142 e. The van der Waals surface area contributed by atoms with Gasteiger partial charge in [0, 0.05) is 11.3 Å². The van der Waals surface area contributed by atoms with Crippen LogP contribution in [0.3, 0.4) is 0 Å². The van der Waals surface area contributed by atoms with Crippen LogP contribution in [0.5, 0.6) is 0 Å². The summed E-state index contributed by atoms with van der Waals surface area (Å²) in [6.45, 7) is 0. The van der Waals surface area contributed by atoms with Crippen LogP contribution in [0.15, 0.2) is 36.7 Å². The summed E-state index contributed by atoms with van der Waals surface area (Å²) in [6, 6.07) is 7.41. The highest BCUT2D eigenvalue weighted by Crippen LogP contribution is 2.17. The van der Waals surface area contributed by atoms with Crippen molar-refractivity contribution in [3.05, 3.63) is 36.7 Å². The molecule has 0 spiro atoms. The van der Waals surface area contributed by atoms with Crippen LogP contribution in [0.1, 0.15) is 0 Å². The van der Waals surface area contributed by atoms with Gasteiger partial charge in [-0.25, -0.2) is 4.98 Å². The van der Waals surface area contributed by atoms with Crippen LogP contribution in [0.25, 0.3) is 11.3 Å². The minimum atomic E-state index is 0.416. The van der Waals surface area contributed by atoms with Crippen molar-refractivity contribution in [1.82, 2.24) is 9.97 Å². The van der Waals surface area contributed by atoms with E-state index in [9.17, 15) is 0 Å². The lowest BCUT2D eigenvalue weighted by Gasteiger charge is -2.01. The van der Waals surface area contributed by atoms with Crippen LogP contribution in [0.4, 0.5) is 11.5 Å². The first kappa shape index (κ1) is 8.50. The van der Waals surface area contributed by atoms with E-state index < -0.39 is 0 Å². The van der Waals surface area contributed by atoms with E-state index in [4.69, 9.17) is 11.5 Å². The molecule has 4 nitrogen and oxygen atoms in total. The average Bonchev–Trinajstić information content (AvgIpc) is 2.19. The Bertz CT molecular complexity index is 436. The van der Waals surface area contributed by atoms with E-state index in [0.717, 1.165) is 16.9 Å². The van der Waals surface area contributed by atoms with Gasteiger partial charge in [0.15, 0.2) is 0 Å². The first-order valence-corrected chi connectivity index (χ1v) is 4.19. The number of anilines is 2. The lowest BCUT2D eigenvalue weighted by atomic mass is 10.1. The van der Waals surface area contributed by atoms with Crippen molar-refractivity contribution >= 4 is 11.5 Å². The van der Waals surface area contributed by atoms with Gasteiger partial charge in [-0.2, -0.15) is 0 Å². The number of benzene rings is 1. The first-order valence-electron chi connectivity index (χ1n) is 4.19. The van der Waals surface area contributed by atoms with Crippen molar-refractivity contribution in [2.75, 3.05) is 11.5 Å². The summed E-state index contributed by atoms with van der Waals surface area (Å²) in [6.07, 6.45) is 3.18. The Hall–Kier alpha value is -2.10. The molecule has 0 unspecified atom stereocenters. The van der Waals surface area contributed by atoms with Gasteiger partial charge in [0.25, 0.3) is 0 Å². The molecular formula is C10H10N4. The van der Waals surface area contributed by atoms with Gasteiger partial charge in [0.1, 0.15) is 5.82 Å². The van der Waals surface area contributed by atoms with E-state index in [1.165, 1.54) is 6.20 Å². The van der Waals surface area contributed by atoms with Gasteiger partial charge in [0.05, 0.1) is 18.1 Å². The molecule has 0 atom stereocenters. The standard InChI is InChI=1S/C10H10N4/c11-8-3-1-7(2-4-8)9-5-13-6-10(12)14-9/h1-6H,11H2,(H2,12,14). The van der Waals surface area contributed by atoms with E-state index >= 15 is 0 Å². The van der Waals surface area contributed by atoms with Crippen molar-refractivity contribution in [2.45, 2.75) is 0 Å². The zero-order chi connectivity index (χ0) is 9.97. The Labute approximate surface area is 81.6 Å². The molecule has 0 aliphatic heterocycles. The fraction of sp³-hybridized carbons (Fsp3) is 0. The number of rotatable bonds is 1. The summed E-state index contributed by atoms with van der Waals surface area (Å²) in [4.78, 5) is 8.11. The monoisotopic (exact) mass is 186 g/mol. The van der Waals surface area contributed by atoms with Crippen molar-refractivity contribution < 1.29 is 0 Å². The number of hydrogen-bond donors (Lipinski definition) is 2. The molecule has 0 saturated carbocycles. The summed E-state index contributed by atoms with van der Waals surface area (Å²) in [5.74, 6) is 0.416. The van der Waals surface area contributed by atoms with Crippen molar-refractivity contribution in [3.63, 3.8) is 0 Å². The maximum atomic E-state index is 5.57. The minimum absolute atomic E-state index is 0.416. The Morgan fingerprint density at radius 3 is 2.29 bits per heavy atom. The zero-order valence-electron chi connectivity index (χ0n) is 7.51. The molecule has 0 radical (unpaired) electrons. The SMILES string of the molecule is Nc1ccc(-c2cncc(N)n2)cc1. The highest BCUT2D eigenvalue weighted by Gasteiger charge is 1.99. The molecule has 2 rings (SSSR count). The summed E-state index contributed by atoms with van der Waals surface area (Å²) >= 11 is 0. The van der Waals surface area contributed by atoms with E-state index in [1.807, 2.05) is 24.3 Å². The quantitative estimate of drug-likeness (QED) is 0.658. The lowest BCUT2D eigenvalue weighted by Crippen LogP contribution is -1.93. The van der Waals surface area contributed by atoms with Crippen LogP contribution in [-0.2, 0) is 0 Å². The highest BCUT2D eigenvalue weighted by molar-refractivity contribution is 5.62. The van der Waals surface area contributed by atoms with Gasteiger partial charge in [-0.3, -0.25) is 4.98 Å². The zero-order valence-corrected chi connectivity index (χ0v) is 7.51. The molecule has 4 heteroatoms. The van der Waals surface area contributed by atoms with E-state index in [0.29, 0.717) is 5.82 Å². The normalized spacial score (nSPS) is 10.0. The molecular weight excluding hydrogens is 176 g/mol. The Kier molecular flexibility index (Phi) is 2.02. The summed E-state index contributed by atoms with van der Waals surface area (Å²) in [7, 11) is 0. The largest absolute Gasteiger partial charge is 0.399 e. The number of hydrogen-bond acceptors (Lipinski definition) is 4. The third-order valence-corrected chi connectivity index (χ3v) is 1.86. The van der Waals surface area contributed by atoms with Gasteiger partial charge in [-0.15, -0.1) is 0 Å². The Morgan fingerprint density at radius 1 is 0.929 bits per heavy atom. The third kappa shape index (κ3) is 1.64. The van der Waals surface area contributed by atoms with Gasteiger partial charge in [0.2, 0.25) is 0 Å². The fourth-order valence-electron chi connectivity index (χ4n) is 1.17. The van der Waals surface area contributed by atoms with Gasteiger partial charge in [-0.05, 0) is 12.1 Å². The summed E-state index contributed by atoms with van der Waals surface area (Å²) < 4.78 is 0. The lowest BCUT2D eigenvalue weighted by molar-refractivity contribution is 1.22. The van der Waals surface area contributed by atoms with Gasteiger partial charge >= 0.3 is 0 Å². The number of aromatic nitrogens is 2. The molecule has 0 aliphatic rings. The van der Waals surface area contributed by atoms with E-state index in [2.05, 4.69) is 9.97 Å². The fourth-order valence-corrected chi connectivity index (χ4v) is 1.17. The van der Waals surface area contributed by atoms with E-state index in [-0.39, 0.29) is 0 Å². The first-order chi connectivity index (χ1) is 6.75. The molecule has 0 bridgehead atoms. The second-order valence-electron chi connectivity index (χ2n) is 2.95. The third-order valence-electron chi connectivity index (χ3n) is 1.86. The van der Waals surface area contributed by atoms with Crippen LogP contribution >= 0.6 is 0 Å². The molecule has 2 aromatic rings. The number of nitrogens with two attached hydrogens (primary N) is 2.